The highest BCUT2D eigenvalue weighted by Gasteiger charge is 2.23. The maximum atomic E-state index is 12.2. The molecule has 1 amide bonds. The third kappa shape index (κ3) is 5.38. The fourth-order valence-electron chi connectivity index (χ4n) is 2.80. The van der Waals surface area contributed by atoms with Crippen molar-refractivity contribution in [2.75, 3.05) is 13.1 Å². The molecule has 18 heavy (non-hydrogen) atoms. The molecule has 1 saturated carbocycles. The lowest BCUT2D eigenvalue weighted by Gasteiger charge is -2.33. The van der Waals surface area contributed by atoms with Crippen LogP contribution in [0.2, 0.25) is 0 Å². The molecule has 0 bridgehead atoms. The molecule has 0 aliphatic heterocycles. The summed E-state index contributed by atoms with van der Waals surface area (Å²) in [6.07, 6.45) is 8.02. The van der Waals surface area contributed by atoms with Crippen molar-refractivity contribution >= 4 is 5.91 Å². The molecule has 0 spiro atoms. The average Bonchev–Trinajstić information content (AvgIpc) is 2.36. The van der Waals surface area contributed by atoms with Crippen LogP contribution in [0.25, 0.3) is 0 Å². The van der Waals surface area contributed by atoms with E-state index in [4.69, 9.17) is 0 Å². The van der Waals surface area contributed by atoms with Crippen LogP contribution in [-0.4, -0.2) is 36.0 Å². The van der Waals surface area contributed by atoms with E-state index in [1.54, 1.807) is 0 Å². The van der Waals surface area contributed by atoms with Crippen LogP contribution in [0.1, 0.15) is 65.7 Å². The molecule has 0 atom stereocenters. The van der Waals surface area contributed by atoms with Crippen LogP contribution in [0.3, 0.4) is 0 Å². The van der Waals surface area contributed by atoms with Gasteiger partial charge in [-0.1, -0.05) is 33.1 Å². The summed E-state index contributed by atoms with van der Waals surface area (Å²) >= 11 is 0. The first kappa shape index (κ1) is 15.5. The van der Waals surface area contributed by atoms with Gasteiger partial charge in [0.2, 0.25) is 5.91 Å². The minimum atomic E-state index is 0.356. The topological polar surface area (TPSA) is 32.3 Å². The molecule has 0 heterocycles. The van der Waals surface area contributed by atoms with Gasteiger partial charge in [-0.25, -0.2) is 0 Å². The smallest absolute Gasteiger partial charge is 0.222 e. The van der Waals surface area contributed by atoms with E-state index >= 15 is 0 Å². The van der Waals surface area contributed by atoms with E-state index in [9.17, 15) is 4.79 Å². The standard InChI is InChI=1S/C15H30N2O/c1-4-17(14-9-6-5-7-10-14)15(18)11-8-12-16-13(2)3/h13-14,16H,4-12H2,1-3H3. The lowest BCUT2D eigenvalue weighted by Crippen LogP contribution is -2.41. The molecular formula is C15H30N2O. The van der Waals surface area contributed by atoms with E-state index in [0.29, 0.717) is 24.4 Å². The number of carbonyl (C=O) groups excluding carboxylic acids is 1. The number of amides is 1. The molecule has 0 unspecified atom stereocenters. The Balaban J connectivity index is 2.27. The van der Waals surface area contributed by atoms with Crippen molar-refractivity contribution in [2.24, 2.45) is 0 Å². The fourth-order valence-corrected chi connectivity index (χ4v) is 2.80. The first-order valence-electron chi connectivity index (χ1n) is 7.68. The van der Waals surface area contributed by atoms with Crippen LogP contribution in [0.5, 0.6) is 0 Å². The van der Waals surface area contributed by atoms with Crippen molar-refractivity contribution in [1.82, 2.24) is 10.2 Å². The number of rotatable bonds is 7. The number of hydrogen-bond donors (Lipinski definition) is 1. The zero-order valence-electron chi connectivity index (χ0n) is 12.4. The maximum Gasteiger partial charge on any atom is 0.222 e. The van der Waals surface area contributed by atoms with Gasteiger partial charge >= 0.3 is 0 Å². The summed E-state index contributed by atoms with van der Waals surface area (Å²) < 4.78 is 0. The van der Waals surface area contributed by atoms with Crippen molar-refractivity contribution in [3.8, 4) is 0 Å². The van der Waals surface area contributed by atoms with Gasteiger partial charge in [-0.2, -0.15) is 0 Å². The highest BCUT2D eigenvalue weighted by Crippen LogP contribution is 2.23. The van der Waals surface area contributed by atoms with Crippen LogP contribution in [0.15, 0.2) is 0 Å². The zero-order chi connectivity index (χ0) is 13.4. The zero-order valence-corrected chi connectivity index (χ0v) is 12.4. The molecule has 0 aromatic rings. The lowest BCUT2D eigenvalue weighted by atomic mass is 9.94. The highest BCUT2D eigenvalue weighted by molar-refractivity contribution is 5.76. The molecule has 0 aromatic heterocycles. The Morgan fingerprint density at radius 1 is 1.28 bits per heavy atom. The maximum absolute atomic E-state index is 12.2. The number of nitrogens with one attached hydrogen (secondary N) is 1. The lowest BCUT2D eigenvalue weighted by molar-refractivity contribution is -0.134. The fraction of sp³-hybridized carbons (Fsp3) is 0.933. The molecule has 3 nitrogen and oxygen atoms in total. The first-order chi connectivity index (χ1) is 8.65. The minimum absolute atomic E-state index is 0.356. The summed E-state index contributed by atoms with van der Waals surface area (Å²) in [6, 6.07) is 1.04. The van der Waals surface area contributed by atoms with E-state index in [1.807, 2.05) is 0 Å². The summed E-state index contributed by atoms with van der Waals surface area (Å²) in [6.45, 7) is 8.22. The SMILES string of the molecule is CCN(C(=O)CCCNC(C)C)C1CCCCC1. The highest BCUT2D eigenvalue weighted by atomic mass is 16.2. The average molecular weight is 254 g/mol. The summed E-state index contributed by atoms with van der Waals surface area (Å²) in [5, 5.41) is 3.37. The predicted octanol–water partition coefficient (Wildman–Crippen LogP) is 2.95. The third-order valence-corrected chi connectivity index (χ3v) is 3.80. The second-order valence-corrected chi connectivity index (χ2v) is 5.68. The third-order valence-electron chi connectivity index (χ3n) is 3.80. The molecule has 3 heteroatoms. The summed E-state index contributed by atoms with van der Waals surface area (Å²) in [4.78, 5) is 14.3. The van der Waals surface area contributed by atoms with Crippen molar-refractivity contribution < 1.29 is 4.79 Å². The molecule has 1 N–H and O–H groups in total. The van der Waals surface area contributed by atoms with Gasteiger partial charge in [0.1, 0.15) is 0 Å². The van der Waals surface area contributed by atoms with E-state index in [0.717, 1.165) is 19.5 Å². The number of carbonyl (C=O) groups is 1. The second-order valence-electron chi connectivity index (χ2n) is 5.68. The van der Waals surface area contributed by atoms with Crippen LogP contribution >= 0.6 is 0 Å². The van der Waals surface area contributed by atoms with Gasteiger partial charge in [0.15, 0.2) is 0 Å². The van der Waals surface area contributed by atoms with Gasteiger partial charge < -0.3 is 10.2 Å². The molecule has 0 saturated heterocycles. The Labute approximate surface area is 112 Å². The molecule has 106 valence electrons. The Morgan fingerprint density at radius 3 is 2.50 bits per heavy atom. The Morgan fingerprint density at radius 2 is 1.94 bits per heavy atom. The summed E-state index contributed by atoms with van der Waals surface area (Å²) in [5.74, 6) is 0.356. The molecule has 0 radical (unpaired) electrons. The van der Waals surface area contributed by atoms with Crippen molar-refractivity contribution in [1.29, 1.82) is 0 Å². The van der Waals surface area contributed by atoms with Gasteiger partial charge in [0, 0.05) is 25.0 Å². The minimum Gasteiger partial charge on any atom is -0.340 e. The Kier molecular flexibility index (Phi) is 7.33. The van der Waals surface area contributed by atoms with Crippen LogP contribution < -0.4 is 5.32 Å². The van der Waals surface area contributed by atoms with Crippen molar-refractivity contribution in [3.05, 3.63) is 0 Å². The van der Waals surface area contributed by atoms with Crippen molar-refractivity contribution in [3.63, 3.8) is 0 Å². The normalized spacial score (nSPS) is 17.1. The van der Waals surface area contributed by atoms with Crippen LogP contribution in [-0.2, 0) is 4.79 Å². The molecular weight excluding hydrogens is 224 g/mol. The summed E-state index contributed by atoms with van der Waals surface area (Å²) in [7, 11) is 0. The number of hydrogen-bond acceptors (Lipinski definition) is 2. The number of nitrogens with zero attached hydrogens (tertiary/aromatic N) is 1. The quantitative estimate of drug-likeness (QED) is 0.708. The van der Waals surface area contributed by atoms with E-state index in [-0.39, 0.29) is 0 Å². The summed E-state index contributed by atoms with van der Waals surface area (Å²) in [5.41, 5.74) is 0. The van der Waals surface area contributed by atoms with E-state index in [1.165, 1.54) is 32.1 Å². The van der Waals surface area contributed by atoms with Gasteiger partial charge in [-0.3, -0.25) is 4.79 Å². The Bertz CT molecular complexity index is 235. The van der Waals surface area contributed by atoms with E-state index < -0.39 is 0 Å². The molecule has 1 aliphatic rings. The molecule has 0 aromatic carbocycles. The molecule has 1 fully saturated rings. The van der Waals surface area contributed by atoms with E-state index in [2.05, 4.69) is 31.0 Å². The molecule has 1 rings (SSSR count). The van der Waals surface area contributed by atoms with Gasteiger partial charge in [0.05, 0.1) is 0 Å². The second kappa shape index (κ2) is 8.52. The van der Waals surface area contributed by atoms with Crippen LogP contribution in [0, 0.1) is 0 Å². The van der Waals surface area contributed by atoms with Crippen molar-refractivity contribution in [2.45, 2.75) is 77.8 Å². The largest absolute Gasteiger partial charge is 0.340 e. The Hall–Kier alpha value is -0.570. The van der Waals surface area contributed by atoms with Crippen LogP contribution in [0.4, 0.5) is 0 Å². The van der Waals surface area contributed by atoms with Gasteiger partial charge in [-0.15, -0.1) is 0 Å². The first-order valence-corrected chi connectivity index (χ1v) is 7.68. The monoisotopic (exact) mass is 254 g/mol. The van der Waals surface area contributed by atoms with Gasteiger partial charge in [0.25, 0.3) is 0 Å². The molecule has 1 aliphatic carbocycles. The predicted molar refractivity (Wildman–Crippen MR) is 76.6 cm³/mol. The van der Waals surface area contributed by atoms with Gasteiger partial charge in [-0.05, 0) is 32.7 Å².